The fourth-order valence-corrected chi connectivity index (χ4v) is 7.03. The summed E-state index contributed by atoms with van der Waals surface area (Å²) < 4.78 is 25.2. The molecule has 1 heterocycles. The monoisotopic (exact) mass is 561 g/mol. The zero-order valence-electron chi connectivity index (χ0n) is 19.1. The van der Waals surface area contributed by atoms with Crippen LogP contribution in [-0.2, 0) is 15.7 Å². The summed E-state index contributed by atoms with van der Waals surface area (Å²) in [5.41, 5.74) is 2.02. The Morgan fingerprint density at radius 1 is 1.03 bits per heavy atom. The molecule has 1 unspecified atom stereocenters. The number of anilines is 1. The lowest BCUT2D eigenvalue weighted by Crippen LogP contribution is -2.16. The van der Waals surface area contributed by atoms with Crippen LogP contribution in [0.5, 0.6) is 5.75 Å². The summed E-state index contributed by atoms with van der Waals surface area (Å²) in [5, 5.41) is 13.4. The van der Waals surface area contributed by atoms with Gasteiger partial charge in [-0.2, -0.15) is 0 Å². The molecular formula is C26H22Cl2NO5PS. The molecule has 1 aromatic heterocycles. The first-order valence-corrected chi connectivity index (χ1v) is 14.1. The summed E-state index contributed by atoms with van der Waals surface area (Å²) in [6, 6.07) is 23.3. The molecule has 10 heteroatoms. The van der Waals surface area contributed by atoms with Gasteiger partial charge in [-0.05, 0) is 66.6 Å². The molecule has 0 fully saturated rings. The first kappa shape index (κ1) is 26.3. The molecule has 0 spiro atoms. The van der Waals surface area contributed by atoms with E-state index in [2.05, 4.69) is 5.09 Å². The van der Waals surface area contributed by atoms with Gasteiger partial charge in [0.05, 0.1) is 22.6 Å². The van der Waals surface area contributed by atoms with Crippen LogP contribution in [-0.4, -0.2) is 17.7 Å². The third kappa shape index (κ3) is 6.12. The maximum atomic E-state index is 13.8. The van der Waals surface area contributed by atoms with Gasteiger partial charge in [0, 0.05) is 9.90 Å². The normalized spacial score (nSPS) is 12.6. The second-order valence-electron chi connectivity index (χ2n) is 7.63. The summed E-state index contributed by atoms with van der Waals surface area (Å²) in [6.07, 6.45) is 0. The number of halogens is 2. The molecule has 0 radical (unpaired) electrons. The molecule has 0 amide bonds. The molecule has 6 nitrogen and oxygen atoms in total. The highest BCUT2D eigenvalue weighted by Gasteiger charge is 2.31. The van der Waals surface area contributed by atoms with Crippen molar-refractivity contribution in [2.24, 2.45) is 0 Å². The predicted molar refractivity (Wildman–Crippen MR) is 146 cm³/mol. The highest BCUT2D eigenvalue weighted by molar-refractivity contribution is 7.68. The summed E-state index contributed by atoms with van der Waals surface area (Å²) in [4.78, 5) is 12.7. The van der Waals surface area contributed by atoms with Crippen molar-refractivity contribution < 1.29 is 23.7 Å². The lowest BCUT2D eigenvalue weighted by Gasteiger charge is -2.21. The Morgan fingerprint density at radius 2 is 1.75 bits per heavy atom. The van der Waals surface area contributed by atoms with Gasteiger partial charge in [0.25, 0.3) is 0 Å². The molecule has 0 saturated carbocycles. The van der Waals surface area contributed by atoms with Crippen molar-refractivity contribution in [3.8, 4) is 16.2 Å². The van der Waals surface area contributed by atoms with E-state index in [4.69, 9.17) is 32.5 Å². The SMILES string of the molecule is CCOP(=O)(Nc1cc(-c2ccc(OCc3ccccc3)cc2)sc1C(=O)O)c1ccc(Cl)cc1Cl. The Morgan fingerprint density at radius 3 is 2.39 bits per heavy atom. The van der Waals surface area contributed by atoms with Crippen LogP contribution >= 0.6 is 42.1 Å². The van der Waals surface area contributed by atoms with Gasteiger partial charge in [0.1, 0.15) is 17.2 Å². The number of carboxylic acid groups (broad SMARTS) is 1. The lowest BCUT2D eigenvalue weighted by atomic mass is 10.2. The molecule has 0 aliphatic heterocycles. The fraction of sp³-hybridized carbons (Fsp3) is 0.115. The van der Waals surface area contributed by atoms with Gasteiger partial charge in [-0.3, -0.25) is 4.57 Å². The van der Waals surface area contributed by atoms with Crippen LogP contribution in [0.4, 0.5) is 5.69 Å². The molecule has 4 rings (SSSR count). The summed E-state index contributed by atoms with van der Waals surface area (Å²) in [7, 11) is -3.76. The van der Waals surface area contributed by atoms with Crippen molar-refractivity contribution in [2.75, 3.05) is 11.7 Å². The van der Waals surface area contributed by atoms with Crippen LogP contribution in [0, 0.1) is 0 Å². The van der Waals surface area contributed by atoms with Crippen LogP contribution < -0.4 is 15.1 Å². The van der Waals surface area contributed by atoms with Crippen molar-refractivity contribution in [1.82, 2.24) is 0 Å². The van der Waals surface area contributed by atoms with Crippen LogP contribution in [0.25, 0.3) is 10.4 Å². The largest absolute Gasteiger partial charge is 0.489 e. The number of rotatable bonds is 10. The number of hydrogen-bond acceptors (Lipinski definition) is 5. The Hall–Kier alpha value is -2.80. The molecule has 0 bridgehead atoms. The minimum absolute atomic E-state index is 0.000539. The van der Waals surface area contributed by atoms with E-state index in [0.717, 1.165) is 22.5 Å². The molecule has 0 aliphatic rings. The average molecular weight is 562 g/mol. The number of nitrogens with one attached hydrogen (secondary N) is 1. The van der Waals surface area contributed by atoms with E-state index in [1.54, 1.807) is 19.1 Å². The van der Waals surface area contributed by atoms with Gasteiger partial charge in [0.15, 0.2) is 0 Å². The van der Waals surface area contributed by atoms with Crippen molar-refractivity contribution >= 4 is 59.0 Å². The number of thiophene rings is 1. The van der Waals surface area contributed by atoms with Crippen molar-refractivity contribution in [3.63, 3.8) is 0 Å². The zero-order valence-corrected chi connectivity index (χ0v) is 22.3. The van der Waals surface area contributed by atoms with Crippen molar-refractivity contribution in [2.45, 2.75) is 13.5 Å². The van der Waals surface area contributed by atoms with Gasteiger partial charge in [-0.25, -0.2) is 4.79 Å². The minimum atomic E-state index is -3.76. The quantitative estimate of drug-likeness (QED) is 0.191. The van der Waals surface area contributed by atoms with Gasteiger partial charge in [-0.15, -0.1) is 11.3 Å². The highest BCUT2D eigenvalue weighted by Crippen LogP contribution is 2.50. The maximum absolute atomic E-state index is 13.8. The minimum Gasteiger partial charge on any atom is -0.489 e. The molecule has 36 heavy (non-hydrogen) atoms. The van der Waals surface area contributed by atoms with Crippen molar-refractivity contribution in [1.29, 1.82) is 0 Å². The Labute approximate surface area is 222 Å². The third-order valence-electron chi connectivity index (χ3n) is 5.12. The number of carbonyl (C=O) groups is 1. The molecule has 186 valence electrons. The Bertz CT molecular complexity index is 1410. The van der Waals surface area contributed by atoms with E-state index in [9.17, 15) is 14.5 Å². The topological polar surface area (TPSA) is 84.9 Å². The zero-order chi connectivity index (χ0) is 25.7. The first-order chi connectivity index (χ1) is 17.3. The first-order valence-electron chi connectivity index (χ1n) is 10.9. The molecule has 0 saturated heterocycles. The molecule has 1 atom stereocenters. The van der Waals surface area contributed by atoms with Gasteiger partial charge < -0.3 is 19.5 Å². The van der Waals surface area contributed by atoms with Crippen LogP contribution in [0.15, 0.2) is 78.9 Å². The Kier molecular flexibility index (Phi) is 8.39. The molecule has 0 aliphatic carbocycles. The summed E-state index contributed by atoms with van der Waals surface area (Å²) in [6.45, 7) is 2.25. The van der Waals surface area contributed by atoms with E-state index < -0.39 is 13.5 Å². The second kappa shape index (κ2) is 11.5. The summed E-state index contributed by atoms with van der Waals surface area (Å²) in [5.74, 6) is -0.462. The van der Waals surface area contributed by atoms with E-state index in [0.29, 0.717) is 22.3 Å². The van der Waals surface area contributed by atoms with Crippen molar-refractivity contribution in [3.05, 3.63) is 99.3 Å². The molecule has 4 aromatic rings. The second-order valence-corrected chi connectivity index (χ2v) is 11.6. The van der Waals surface area contributed by atoms with Crippen LogP contribution in [0.1, 0.15) is 22.2 Å². The van der Waals surface area contributed by atoms with Gasteiger partial charge in [-0.1, -0.05) is 53.5 Å². The standard InChI is InChI=1S/C26H22Cl2NO5PS/c1-2-34-35(32,23-13-10-19(27)14-21(23)28)29-22-15-24(36-25(22)26(30)31)18-8-11-20(12-9-18)33-16-17-6-4-3-5-7-17/h3-15H,2,16H2,1H3,(H,29,32)(H,30,31). The number of aromatic carboxylic acids is 1. The summed E-state index contributed by atoms with van der Waals surface area (Å²) >= 11 is 13.3. The lowest BCUT2D eigenvalue weighted by molar-refractivity contribution is 0.0703. The van der Waals surface area contributed by atoms with E-state index >= 15 is 0 Å². The molecule has 3 aromatic carbocycles. The van der Waals surface area contributed by atoms with Crippen LogP contribution in [0.2, 0.25) is 10.0 Å². The molecule has 2 N–H and O–H groups in total. The number of ether oxygens (including phenoxy) is 1. The van der Waals surface area contributed by atoms with E-state index in [1.165, 1.54) is 12.1 Å². The average Bonchev–Trinajstić information content (AvgIpc) is 3.27. The number of carboxylic acids is 1. The van der Waals surface area contributed by atoms with E-state index in [1.807, 2.05) is 54.6 Å². The smallest absolute Gasteiger partial charge is 0.348 e. The number of benzene rings is 3. The molecular weight excluding hydrogens is 540 g/mol. The van der Waals surface area contributed by atoms with Gasteiger partial charge in [0.2, 0.25) is 0 Å². The van der Waals surface area contributed by atoms with Crippen LogP contribution in [0.3, 0.4) is 0 Å². The highest BCUT2D eigenvalue weighted by atomic mass is 35.5. The van der Waals surface area contributed by atoms with E-state index in [-0.39, 0.29) is 27.5 Å². The fourth-order valence-electron chi connectivity index (χ4n) is 3.45. The third-order valence-corrected chi connectivity index (χ3v) is 9.15. The maximum Gasteiger partial charge on any atom is 0.348 e. The predicted octanol–water partition coefficient (Wildman–Crippen LogP) is 7.97. The Balaban J connectivity index is 1.60. The number of hydrogen-bond donors (Lipinski definition) is 2. The van der Waals surface area contributed by atoms with Gasteiger partial charge >= 0.3 is 13.5 Å².